The van der Waals surface area contributed by atoms with Crippen LogP contribution in [0.1, 0.15) is 65.5 Å². The van der Waals surface area contributed by atoms with Gasteiger partial charge < -0.3 is 29.4 Å². The molecule has 14 heteroatoms. The first kappa shape index (κ1) is 34.8. The minimum Gasteiger partial charge on any atom is -0.480 e. The second-order valence-electron chi connectivity index (χ2n) is 13.4. The molecule has 0 unspecified atom stereocenters. The molecule has 2 aromatic heterocycles. The SMILES string of the molecule is O=C(NCC(=O)N1CCC[C@H]1C(=O)O)c1ccc2c(c1)nc(CN1CCC(c3cccc(OCc4ccc(Cl)cc4F)n3)CC1)n2C[C@@H]1CCO1. The molecule has 0 spiro atoms. The molecule has 5 heterocycles. The molecule has 3 aliphatic heterocycles. The third-order valence-corrected chi connectivity index (χ3v) is 10.3. The lowest BCUT2D eigenvalue weighted by Gasteiger charge is -2.32. The zero-order valence-electron chi connectivity index (χ0n) is 28.1. The molecule has 7 rings (SSSR count). The zero-order chi connectivity index (χ0) is 35.5. The Morgan fingerprint density at radius 2 is 1.84 bits per heavy atom. The average Bonchev–Trinajstić information content (AvgIpc) is 3.74. The lowest BCUT2D eigenvalue weighted by molar-refractivity contribution is -0.147. The van der Waals surface area contributed by atoms with Gasteiger partial charge in [-0.3, -0.25) is 14.5 Å². The summed E-state index contributed by atoms with van der Waals surface area (Å²) < 4.78 is 28.0. The largest absolute Gasteiger partial charge is 0.480 e. The fraction of sp³-hybridized carbons (Fsp3) is 0.432. The van der Waals surface area contributed by atoms with Crippen molar-refractivity contribution in [1.29, 1.82) is 0 Å². The Kier molecular flexibility index (Phi) is 10.5. The predicted octanol–water partition coefficient (Wildman–Crippen LogP) is 4.78. The standard InChI is InChI=1S/C37H40ClFN6O6/c38-26-8-6-25(28(39)18-26)22-51-34-5-1-3-29(42-34)23-10-14-43(15-11-23)21-33-41-30-17-24(7-9-31(30)45(33)20-27-12-16-50-27)36(47)40-19-35(46)44-13-2-4-32(44)37(48)49/h1,3,5-9,17-18,23,27,32H,2,4,10-16,19-22H2,(H,40,47)(H,48,49)/t27-,32-/m0/s1. The van der Waals surface area contributed by atoms with E-state index in [1.165, 1.54) is 11.0 Å². The highest BCUT2D eigenvalue weighted by molar-refractivity contribution is 6.30. The Morgan fingerprint density at radius 1 is 1.02 bits per heavy atom. The van der Waals surface area contributed by atoms with Crippen molar-refractivity contribution < 1.29 is 33.4 Å². The molecule has 3 aliphatic rings. The summed E-state index contributed by atoms with van der Waals surface area (Å²) in [5.41, 5.74) is 3.33. The molecule has 0 radical (unpaired) electrons. The minimum atomic E-state index is -1.03. The molecule has 268 valence electrons. The first-order valence-corrected chi connectivity index (χ1v) is 17.8. The topological polar surface area (TPSA) is 139 Å². The molecule has 0 saturated carbocycles. The van der Waals surface area contributed by atoms with Crippen molar-refractivity contribution in [2.45, 2.75) is 69.9 Å². The van der Waals surface area contributed by atoms with Crippen LogP contribution in [-0.4, -0.2) is 92.2 Å². The van der Waals surface area contributed by atoms with Gasteiger partial charge in [-0.15, -0.1) is 0 Å². The summed E-state index contributed by atoms with van der Waals surface area (Å²) in [6, 6.07) is 14.7. The van der Waals surface area contributed by atoms with Gasteiger partial charge in [0.25, 0.3) is 5.91 Å². The number of imidazole rings is 1. The van der Waals surface area contributed by atoms with Gasteiger partial charge in [0, 0.05) is 47.0 Å². The molecular formula is C37H40ClFN6O6. The van der Waals surface area contributed by atoms with E-state index in [1.54, 1.807) is 30.3 Å². The number of aliphatic carboxylic acids is 1. The number of amides is 2. The van der Waals surface area contributed by atoms with E-state index in [0.29, 0.717) is 60.0 Å². The maximum atomic E-state index is 14.2. The Labute approximate surface area is 299 Å². The third-order valence-electron chi connectivity index (χ3n) is 10.0. The summed E-state index contributed by atoms with van der Waals surface area (Å²) in [5.74, 6) is -0.667. The van der Waals surface area contributed by atoms with E-state index in [0.717, 1.165) is 56.0 Å². The molecule has 2 N–H and O–H groups in total. The summed E-state index contributed by atoms with van der Waals surface area (Å²) in [7, 11) is 0. The van der Waals surface area contributed by atoms with E-state index in [4.69, 9.17) is 31.0 Å². The Morgan fingerprint density at radius 3 is 2.59 bits per heavy atom. The number of carbonyl (C=O) groups excluding carboxylic acids is 2. The number of fused-ring (bicyclic) bond motifs is 1. The van der Waals surface area contributed by atoms with Crippen molar-refractivity contribution in [2.75, 3.05) is 32.8 Å². The Balaban J connectivity index is 0.983. The van der Waals surface area contributed by atoms with Gasteiger partial charge in [0.2, 0.25) is 11.8 Å². The molecule has 3 fully saturated rings. The van der Waals surface area contributed by atoms with E-state index < -0.39 is 29.6 Å². The third kappa shape index (κ3) is 8.00. The summed E-state index contributed by atoms with van der Waals surface area (Å²) in [4.78, 5) is 50.6. The van der Waals surface area contributed by atoms with Crippen LogP contribution < -0.4 is 10.1 Å². The fourth-order valence-corrected chi connectivity index (χ4v) is 7.23. The number of ether oxygens (including phenoxy) is 2. The van der Waals surface area contributed by atoms with Crippen LogP contribution in [0.3, 0.4) is 0 Å². The number of benzene rings is 2. The van der Waals surface area contributed by atoms with Crippen molar-refractivity contribution in [3.05, 3.63) is 88.1 Å². The second kappa shape index (κ2) is 15.3. The number of carboxylic acids is 1. The number of nitrogens with zero attached hydrogens (tertiary/aromatic N) is 5. The summed E-state index contributed by atoms with van der Waals surface area (Å²) >= 11 is 5.87. The van der Waals surface area contributed by atoms with Crippen molar-refractivity contribution in [1.82, 2.24) is 29.7 Å². The highest BCUT2D eigenvalue weighted by atomic mass is 35.5. The summed E-state index contributed by atoms with van der Waals surface area (Å²) in [6.45, 7) is 3.89. The van der Waals surface area contributed by atoms with E-state index >= 15 is 0 Å². The van der Waals surface area contributed by atoms with Crippen LogP contribution in [0.2, 0.25) is 5.02 Å². The first-order chi connectivity index (χ1) is 24.7. The lowest BCUT2D eigenvalue weighted by Crippen LogP contribution is -2.45. The van der Waals surface area contributed by atoms with Gasteiger partial charge in [-0.2, -0.15) is 0 Å². The van der Waals surface area contributed by atoms with Crippen LogP contribution in [0.5, 0.6) is 5.88 Å². The number of pyridine rings is 1. The number of hydrogen-bond donors (Lipinski definition) is 2. The first-order valence-electron chi connectivity index (χ1n) is 17.4. The number of piperidine rings is 1. The molecule has 2 atom stereocenters. The molecule has 0 aliphatic carbocycles. The Hall–Kier alpha value is -4.59. The number of nitrogens with one attached hydrogen (secondary N) is 1. The van der Waals surface area contributed by atoms with Crippen LogP contribution in [0.4, 0.5) is 4.39 Å². The fourth-order valence-electron chi connectivity index (χ4n) is 7.07. The molecule has 2 amide bonds. The van der Waals surface area contributed by atoms with E-state index in [-0.39, 0.29) is 25.2 Å². The van der Waals surface area contributed by atoms with Gasteiger partial charge in [-0.1, -0.05) is 23.7 Å². The van der Waals surface area contributed by atoms with E-state index in [9.17, 15) is 23.9 Å². The number of halogens is 2. The number of hydrogen-bond acceptors (Lipinski definition) is 8. The molecule has 12 nitrogen and oxygen atoms in total. The number of rotatable bonds is 12. The maximum Gasteiger partial charge on any atom is 0.326 e. The molecule has 4 aromatic rings. The van der Waals surface area contributed by atoms with Crippen molar-refractivity contribution in [3.63, 3.8) is 0 Å². The maximum absolute atomic E-state index is 14.2. The molecule has 0 bridgehead atoms. The van der Waals surface area contributed by atoms with E-state index in [1.807, 2.05) is 18.2 Å². The number of likely N-dealkylation sites (tertiary alicyclic amines) is 2. The quantitative estimate of drug-likeness (QED) is 0.212. The van der Waals surface area contributed by atoms with E-state index in [2.05, 4.69) is 14.8 Å². The number of aromatic nitrogens is 3. The zero-order valence-corrected chi connectivity index (χ0v) is 28.9. The van der Waals surface area contributed by atoms with Crippen LogP contribution >= 0.6 is 11.6 Å². The number of carbonyl (C=O) groups is 3. The lowest BCUT2D eigenvalue weighted by atomic mass is 9.93. The van der Waals surface area contributed by atoms with Gasteiger partial charge in [-0.05, 0) is 81.6 Å². The van der Waals surface area contributed by atoms with Gasteiger partial charge in [0.1, 0.15) is 24.3 Å². The summed E-state index contributed by atoms with van der Waals surface area (Å²) in [5, 5.41) is 12.4. The van der Waals surface area contributed by atoms with Crippen molar-refractivity contribution in [2.24, 2.45) is 0 Å². The molecule has 2 aromatic carbocycles. The highest BCUT2D eigenvalue weighted by Gasteiger charge is 2.34. The van der Waals surface area contributed by atoms with Gasteiger partial charge in [0.15, 0.2) is 0 Å². The van der Waals surface area contributed by atoms with Gasteiger partial charge in [-0.25, -0.2) is 19.2 Å². The van der Waals surface area contributed by atoms with Gasteiger partial charge >= 0.3 is 5.97 Å². The van der Waals surface area contributed by atoms with Crippen LogP contribution in [-0.2, 0) is 34.0 Å². The minimum absolute atomic E-state index is 0.0599. The smallest absolute Gasteiger partial charge is 0.326 e. The monoisotopic (exact) mass is 718 g/mol. The normalized spacial score (nSPS) is 19.6. The summed E-state index contributed by atoms with van der Waals surface area (Å²) in [6.07, 6.45) is 3.93. The van der Waals surface area contributed by atoms with Crippen LogP contribution in [0, 0.1) is 5.82 Å². The van der Waals surface area contributed by atoms with Crippen LogP contribution in [0.15, 0.2) is 54.6 Å². The molecule has 51 heavy (non-hydrogen) atoms. The van der Waals surface area contributed by atoms with Crippen molar-refractivity contribution in [3.8, 4) is 5.88 Å². The Bertz CT molecular complexity index is 1930. The number of carboxylic acid groups (broad SMARTS) is 1. The predicted molar refractivity (Wildman–Crippen MR) is 186 cm³/mol. The molecular weight excluding hydrogens is 679 g/mol. The van der Waals surface area contributed by atoms with Crippen LogP contribution in [0.25, 0.3) is 11.0 Å². The average molecular weight is 719 g/mol. The van der Waals surface area contributed by atoms with Crippen molar-refractivity contribution >= 4 is 40.4 Å². The molecule has 3 saturated heterocycles. The van der Waals surface area contributed by atoms with Gasteiger partial charge in [0.05, 0.1) is 36.8 Å². The second-order valence-corrected chi connectivity index (χ2v) is 13.8. The highest BCUT2D eigenvalue weighted by Crippen LogP contribution is 2.30.